The zero-order valence-electron chi connectivity index (χ0n) is 12.7. The van der Waals surface area contributed by atoms with E-state index in [0.29, 0.717) is 29.9 Å². The van der Waals surface area contributed by atoms with Crippen LogP contribution in [0.3, 0.4) is 0 Å². The first-order valence-corrected chi connectivity index (χ1v) is 7.87. The Bertz CT molecular complexity index is 842. The quantitative estimate of drug-likeness (QED) is 0.875. The van der Waals surface area contributed by atoms with Crippen LogP contribution in [0.1, 0.15) is 24.7 Å². The van der Waals surface area contributed by atoms with Crippen molar-refractivity contribution in [3.8, 4) is 0 Å². The van der Waals surface area contributed by atoms with E-state index < -0.39 is 0 Å². The first-order chi connectivity index (χ1) is 11.2. The maximum absolute atomic E-state index is 12.3. The van der Waals surface area contributed by atoms with Crippen molar-refractivity contribution in [2.24, 2.45) is 5.73 Å². The number of fused-ring (bicyclic) bond motifs is 1. The number of allylic oxidation sites excluding steroid dienone is 2. The summed E-state index contributed by atoms with van der Waals surface area (Å²) in [6.07, 6.45) is 9.99. The van der Waals surface area contributed by atoms with E-state index in [9.17, 15) is 4.79 Å². The average molecular weight is 313 g/mol. The molecule has 2 aliphatic rings. The molecule has 2 atom stereocenters. The maximum atomic E-state index is 12.3. The number of aromatic amines is 1. The van der Waals surface area contributed by atoms with E-state index >= 15 is 0 Å². The summed E-state index contributed by atoms with van der Waals surface area (Å²) in [4.78, 5) is 19.8. The molecule has 0 spiro atoms. The number of H-pyrrole nitrogens is 1. The van der Waals surface area contributed by atoms with Crippen LogP contribution >= 0.6 is 0 Å². The van der Waals surface area contributed by atoms with Crippen molar-refractivity contribution in [2.75, 3.05) is 13.2 Å². The van der Waals surface area contributed by atoms with Gasteiger partial charge >= 0.3 is 0 Å². The lowest BCUT2D eigenvalue weighted by Crippen LogP contribution is -2.19. The molecule has 7 heteroatoms. The molecule has 1 aliphatic heterocycles. The smallest absolute Gasteiger partial charge is 0.262 e. The van der Waals surface area contributed by atoms with Crippen LogP contribution in [0.4, 0.5) is 0 Å². The van der Waals surface area contributed by atoms with Crippen molar-refractivity contribution in [3.05, 3.63) is 46.2 Å². The van der Waals surface area contributed by atoms with E-state index in [2.05, 4.69) is 21.1 Å². The molecule has 0 saturated carbocycles. The number of ether oxygens (including phenoxy) is 1. The van der Waals surface area contributed by atoms with Crippen LogP contribution in [0.2, 0.25) is 0 Å². The average Bonchev–Trinajstić information content (AvgIpc) is 3.15. The third-order valence-corrected chi connectivity index (χ3v) is 4.30. The predicted molar refractivity (Wildman–Crippen MR) is 86.1 cm³/mol. The van der Waals surface area contributed by atoms with Gasteiger partial charge in [0.15, 0.2) is 5.65 Å². The van der Waals surface area contributed by atoms with Crippen LogP contribution in [-0.4, -0.2) is 39.0 Å². The van der Waals surface area contributed by atoms with Crippen LogP contribution in [0.5, 0.6) is 0 Å². The fourth-order valence-electron chi connectivity index (χ4n) is 3.13. The highest BCUT2D eigenvalue weighted by Gasteiger charge is 2.22. The predicted octanol–water partition coefficient (Wildman–Crippen LogP) is 0.837. The van der Waals surface area contributed by atoms with Crippen molar-refractivity contribution in [1.29, 1.82) is 0 Å². The largest absolute Gasteiger partial charge is 0.379 e. The number of hydrogen-bond acceptors (Lipinski definition) is 5. The summed E-state index contributed by atoms with van der Waals surface area (Å²) in [5.41, 5.74) is 7.49. The van der Waals surface area contributed by atoms with Gasteiger partial charge in [-0.2, -0.15) is 5.10 Å². The normalized spacial score (nSPS) is 24.3. The van der Waals surface area contributed by atoms with Gasteiger partial charge < -0.3 is 15.5 Å². The lowest BCUT2D eigenvalue weighted by atomic mass is 10.0. The number of nitrogens with zero attached hydrogens (tertiary/aromatic N) is 3. The molecule has 0 amide bonds. The van der Waals surface area contributed by atoms with Crippen LogP contribution in [0.25, 0.3) is 11.0 Å². The summed E-state index contributed by atoms with van der Waals surface area (Å²) in [6, 6.07) is 0.184. The molecule has 1 fully saturated rings. The van der Waals surface area contributed by atoms with E-state index in [1.165, 1.54) is 0 Å². The molecule has 0 bridgehead atoms. The van der Waals surface area contributed by atoms with Crippen molar-refractivity contribution in [3.63, 3.8) is 0 Å². The standard InChI is InChI=1S/C16H19N5O2/c17-11-3-1-2-10(6-11)7-14-19-15-13(16(22)20-14)8-18-21(15)12-4-5-23-9-12/h1-2,6,8,11-12H,3-5,7,9,17H2,(H,19,20,22). The number of hydrogen-bond donors (Lipinski definition) is 2. The van der Waals surface area contributed by atoms with Gasteiger partial charge in [0.25, 0.3) is 5.56 Å². The van der Waals surface area contributed by atoms with E-state index in [0.717, 1.165) is 25.0 Å². The molecule has 1 aliphatic carbocycles. The van der Waals surface area contributed by atoms with Gasteiger partial charge in [0.2, 0.25) is 0 Å². The highest BCUT2D eigenvalue weighted by Crippen LogP contribution is 2.22. The van der Waals surface area contributed by atoms with Crippen molar-refractivity contribution >= 4 is 11.0 Å². The summed E-state index contributed by atoms with van der Waals surface area (Å²) in [5, 5.41) is 4.86. The number of nitrogens with two attached hydrogens (primary N) is 1. The molecule has 0 radical (unpaired) electrons. The monoisotopic (exact) mass is 313 g/mol. The van der Waals surface area contributed by atoms with Crippen LogP contribution in [-0.2, 0) is 11.2 Å². The van der Waals surface area contributed by atoms with E-state index in [1.807, 2.05) is 16.8 Å². The summed E-state index contributed by atoms with van der Waals surface area (Å²) in [5.74, 6) is 0.633. The van der Waals surface area contributed by atoms with Crippen LogP contribution in [0.15, 0.2) is 34.8 Å². The second-order valence-corrected chi connectivity index (χ2v) is 6.08. The first kappa shape index (κ1) is 14.3. The molecule has 7 nitrogen and oxygen atoms in total. The Morgan fingerprint density at radius 3 is 3.17 bits per heavy atom. The Balaban J connectivity index is 1.72. The molecule has 2 aromatic rings. The third-order valence-electron chi connectivity index (χ3n) is 4.30. The van der Waals surface area contributed by atoms with Gasteiger partial charge in [-0.1, -0.05) is 18.2 Å². The minimum Gasteiger partial charge on any atom is -0.379 e. The molecular weight excluding hydrogens is 294 g/mol. The zero-order valence-corrected chi connectivity index (χ0v) is 12.7. The fourth-order valence-corrected chi connectivity index (χ4v) is 3.13. The fraction of sp³-hybridized carbons (Fsp3) is 0.438. The topological polar surface area (TPSA) is 98.8 Å². The molecular formula is C16H19N5O2. The van der Waals surface area contributed by atoms with E-state index in [-0.39, 0.29) is 17.6 Å². The maximum Gasteiger partial charge on any atom is 0.262 e. The molecule has 120 valence electrons. The molecule has 2 aromatic heterocycles. The number of nitrogens with one attached hydrogen (secondary N) is 1. The Kier molecular flexibility index (Phi) is 3.59. The zero-order chi connectivity index (χ0) is 15.8. The van der Waals surface area contributed by atoms with Gasteiger partial charge in [0.1, 0.15) is 11.2 Å². The van der Waals surface area contributed by atoms with Gasteiger partial charge in [-0.15, -0.1) is 0 Å². The number of aromatic nitrogens is 4. The van der Waals surface area contributed by atoms with Gasteiger partial charge in [0.05, 0.1) is 18.8 Å². The van der Waals surface area contributed by atoms with Crippen LogP contribution < -0.4 is 11.3 Å². The SMILES string of the molecule is NC1C=C(Cc2nc3c(cnn3C3CCOC3)c(=O)[nH]2)C=CC1. The minimum atomic E-state index is -0.153. The van der Waals surface area contributed by atoms with E-state index in [1.54, 1.807) is 6.20 Å². The second kappa shape index (κ2) is 5.75. The summed E-state index contributed by atoms with van der Waals surface area (Å²) < 4.78 is 7.23. The van der Waals surface area contributed by atoms with Gasteiger partial charge in [-0.3, -0.25) is 4.79 Å². The van der Waals surface area contributed by atoms with Crippen molar-refractivity contribution in [1.82, 2.24) is 19.7 Å². The van der Waals surface area contributed by atoms with Crippen LogP contribution in [0, 0.1) is 0 Å². The van der Waals surface area contributed by atoms with Gasteiger partial charge in [-0.05, 0) is 18.4 Å². The highest BCUT2D eigenvalue weighted by molar-refractivity contribution is 5.73. The van der Waals surface area contributed by atoms with Gasteiger partial charge in [-0.25, -0.2) is 9.67 Å². The lowest BCUT2D eigenvalue weighted by Gasteiger charge is -2.12. The van der Waals surface area contributed by atoms with Crippen molar-refractivity contribution < 1.29 is 4.74 Å². The molecule has 3 heterocycles. The van der Waals surface area contributed by atoms with Gasteiger partial charge in [0, 0.05) is 19.1 Å². The Morgan fingerprint density at radius 2 is 2.39 bits per heavy atom. The molecule has 23 heavy (non-hydrogen) atoms. The molecule has 3 N–H and O–H groups in total. The molecule has 4 rings (SSSR count). The third kappa shape index (κ3) is 2.73. The van der Waals surface area contributed by atoms with Crippen molar-refractivity contribution in [2.45, 2.75) is 31.3 Å². The molecule has 0 aromatic carbocycles. The Labute approximate surface area is 132 Å². The molecule has 1 saturated heterocycles. The lowest BCUT2D eigenvalue weighted by molar-refractivity contribution is 0.185. The Morgan fingerprint density at radius 1 is 1.48 bits per heavy atom. The highest BCUT2D eigenvalue weighted by atomic mass is 16.5. The Hall–Kier alpha value is -2.25. The second-order valence-electron chi connectivity index (χ2n) is 6.08. The summed E-state index contributed by atoms with van der Waals surface area (Å²) in [7, 11) is 0. The minimum absolute atomic E-state index is 0.0339. The van der Waals surface area contributed by atoms with E-state index in [4.69, 9.17) is 10.5 Å². The summed E-state index contributed by atoms with van der Waals surface area (Å²) in [6.45, 7) is 1.33. The first-order valence-electron chi connectivity index (χ1n) is 7.87. The summed E-state index contributed by atoms with van der Waals surface area (Å²) >= 11 is 0. The molecule has 2 unspecified atom stereocenters. The number of rotatable bonds is 3.